The van der Waals surface area contributed by atoms with Crippen molar-refractivity contribution in [2.75, 3.05) is 10.6 Å². The van der Waals surface area contributed by atoms with Crippen molar-refractivity contribution in [1.29, 1.82) is 0 Å². The van der Waals surface area contributed by atoms with Crippen molar-refractivity contribution in [3.8, 4) is 0 Å². The van der Waals surface area contributed by atoms with Gasteiger partial charge in [-0.25, -0.2) is 4.39 Å². The molecule has 2 aromatic rings. The predicted octanol–water partition coefficient (Wildman–Crippen LogP) is 3.31. The average molecular weight is 357 g/mol. The van der Waals surface area contributed by atoms with E-state index in [1.807, 2.05) is 0 Å². The molecule has 0 radical (unpaired) electrons. The Kier molecular flexibility index (Phi) is 6.36. The zero-order valence-corrected chi connectivity index (χ0v) is 14.2. The quantitative estimate of drug-likeness (QED) is 0.580. The summed E-state index contributed by atoms with van der Waals surface area (Å²) in [5, 5.41) is 8.16. The molecule has 0 fully saturated rings. The van der Waals surface area contributed by atoms with Gasteiger partial charge in [0.2, 0.25) is 11.8 Å². The molecule has 2 rings (SSSR count). The molecule has 0 aliphatic heterocycles. The largest absolute Gasteiger partial charge is 0.332 e. The van der Waals surface area contributed by atoms with E-state index in [9.17, 15) is 14.0 Å². The molecular weight excluding hydrogens is 341 g/mol. The maximum Gasteiger partial charge on any atom is 0.250 e. The van der Waals surface area contributed by atoms with Gasteiger partial charge in [-0.05, 0) is 60.3 Å². The molecule has 2 aromatic carbocycles. The minimum absolute atomic E-state index is 0.140. The Bertz CT molecular complexity index is 802. The molecule has 0 unspecified atom stereocenters. The molecule has 3 N–H and O–H groups in total. The maximum absolute atomic E-state index is 12.8. The summed E-state index contributed by atoms with van der Waals surface area (Å²) in [6.45, 7) is 1.43. The van der Waals surface area contributed by atoms with Crippen LogP contribution in [0.25, 0.3) is 6.08 Å². The summed E-state index contributed by atoms with van der Waals surface area (Å²) in [6, 6.07) is 12.6. The van der Waals surface area contributed by atoms with Gasteiger partial charge in [0.15, 0.2) is 5.11 Å². The number of benzene rings is 2. The van der Waals surface area contributed by atoms with Crippen LogP contribution in [0.3, 0.4) is 0 Å². The number of hydrogen-bond acceptors (Lipinski definition) is 3. The van der Waals surface area contributed by atoms with E-state index in [1.54, 1.807) is 42.5 Å². The van der Waals surface area contributed by atoms with Gasteiger partial charge in [0.1, 0.15) is 5.82 Å². The molecular formula is C18H16FN3O2S. The number of carbonyl (C=O) groups is 2. The number of anilines is 2. The minimum atomic E-state index is -0.406. The third-order valence-electron chi connectivity index (χ3n) is 3.00. The van der Waals surface area contributed by atoms with E-state index in [1.165, 1.54) is 25.1 Å². The second-order valence-corrected chi connectivity index (χ2v) is 5.50. The van der Waals surface area contributed by atoms with Crippen LogP contribution in [0.1, 0.15) is 12.5 Å². The van der Waals surface area contributed by atoms with Crippen LogP contribution in [0.5, 0.6) is 0 Å². The standard InChI is InChI=1S/C18H16FN3O2S/c1-12(23)20-15-7-9-16(10-8-15)21-18(25)22-17(24)11-4-13-2-5-14(19)6-3-13/h2-11H,1H3,(H,20,23)(H2,21,22,24,25). The second kappa shape index (κ2) is 8.70. The first-order valence-electron chi connectivity index (χ1n) is 7.35. The first kappa shape index (κ1) is 18.3. The van der Waals surface area contributed by atoms with Crippen molar-refractivity contribution in [3.05, 3.63) is 66.0 Å². The van der Waals surface area contributed by atoms with Gasteiger partial charge in [-0.2, -0.15) is 0 Å². The van der Waals surface area contributed by atoms with Gasteiger partial charge in [0.25, 0.3) is 0 Å². The van der Waals surface area contributed by atoms with Gasteiger partial charge in [0.05, 0.1) is 0 Å². The summed E-state index contributed by atoms with van der Waals surface area (Å²) in [7, 11) is 0. The lowest BCUT2D eigenvalue weighted by Crippen LogP contribution is -2.32. The molecule has 0 bridgehead atoms. The van der Waals surface area contributed by atoms with Crippen LogP contribution in [0, 0.1) is 5.82 Å². The van der Waals surface area contributed by atoms with Gasteiger partial charge >= 0.3 is 0 Å². The number of carbonyl (C=O) groups excluding carboxylic acids is 2. The average Bonchev–Trinajstić information content (AvgIpc) is 2.55. The van der Waals surface area contributed by atoms with Crippen LogP contribution in [0.15, 0.2) is 54.6 Å². The van der Waals surface area contributed by atoms with Crippen LogP contribution < -0.4 is 16.0 Å². The summed E-state index contributed by atoms with van der Waals surface area (Å²) in [6.07, 6.45) is 2.86. The van der Waals surface area contributed by atoms with Gasteiger partial charge in [-0.15, -0.1) is 0 Å². The summed E-state index contributed by atoms with van der Waals surface area (Å²) in [5.41, 5.74) is 2.03. The minimum Gasteiger partial charge on any atom is -0.332 e. The molecule has 7 heteroatoms. The predicted molar refractivity (Wildman–Crippen MR) is 101 cm³/mol. The Hall–Kier alpha value is -3.06. The third kappa shape index (κ3) is 6.52. The molecule has 0 aromatic heterocycles. The highest BCUT2D eigenvalue weighted by molar-refractivity contribution is 7.80. The number of hydrogen-bond donors (Lipinski definition) is 3. The Morgan fingerprint density at radius 1 is 0.960 bits per heavy atom. The third-order valence-corrected chi connectivity index (χ3v) is 3.20. The van der Waals surface area contributed by atoms with Crippen LogP contribution in [0.2, 0.25) is 0 Å². The number of thiocarbonyl (C=S) groups is 1. The van der Waals surface area contributed by atoms with Crippen LogP contribution in [-0.2, 0) is 9.59 Å². The van der Waals surface area contributed by atoms with Gasteiger partial charge < -0.3 is 10.6 Å². The summed E-state index contributed by atoms with van der Waals surface area (Å²) >= 11 is 5.07. The summed E-state index contributed by atoms with van der Waals surface area (Å²) in [4.78, 5) is 22.8. The molecule has 0 spiro atoms. The van der Waals surface area contributed by atoms with Crippen LogP contribution in [0.4, 0.5) is 15.8 Å². The lowest BCUT2D eigenvalue weighted by atomic mass is 10.2. The molecule has 0 aliphatic carbocycles. The molecule has 2 amide bonds. The fourth-order valence-corrected chi connectivity index (χ4v) is 2.12. The fourth-order valence-electron chi connectivity index (χ4n) is 1.90. The lowest BCUT2D eigenvalue weighted by Gasteiger charge is -2.09. The van der Waals surface area contributed by atoms with E-state index in [-0.39, 0.29) is 16.8 Å². The molecule has 0 atom stereocenters. The first-order chi connectivity index (χ1) is 11.9. The zero-order valence-electron chi connectivity index (χ0n) is 13.4. The highest BCUT2D eigenvalue weighted by Crippen LogP contribution is 2.13. The smallest absolute Gasteiger partial charge is 0.250 e. The summed E-state index contributed by atoms with van der Waals surface area (Å²) in [5.74, 6) is -0.898. The van der Waals surface area contributed by atoms with E-state index < -0.39 is 5.91 Å². The van der Waals surface area contributed by atoms with Gasteiger partial charge in [-0.3, -0.25) is 14.9 Å². The number of halogens is 1. The van der Waals surface area contributed by atoms with Crippen molar-refractivity contribution in [2.45, 2.75) is 6.92 Å². The number of nitrogens with one attached hydrogen (secondary N) is 3. The van der Waals surface area contributed by atoms with E-state index in [0.717, 1.165) is 0 Å². The Morgan fingerprint density at radius 2 is 1.52 bits per heavy atom. The van der Waals surface area contributed by atoms with Crippen molar-refractivity contribution in [2.24, 2.45) is 0 Å². The van der Waals surface area contributed by atoms with Gasteiger partial charge in [-0.1, -0.05) is 12.1 Å². The van der Waals surface area contributed by atoms with E-state index in [0.29, 0.717) is 16.9 Å². The molecule has 5 nitrogen and oxygen atoms in total. The fraction of sp³-hybridized carbons (Fsp3) is 0.0556. The molecule has 0 saturated carbocycles. The SMILES string of the molecule is CC(=O)Nc1ccc(NC(=S)NC(=O)C=Cc2ccc(F)cc2)cc1. The number of amides is 2. The summed E-state index contributed by atoms with van der Waals surface area (Å²) < 4.78 is 12.8. The number of rotatable bonds is 4. The first-order valence-corrected chi connectivity index (χ1v) is 7.76. The van der Waals surface area contributed by atoms with Crippen LogP contribution in [-0.4, -0.2) is 16.9 Å². The van der Waals surface area contributed by atoms with E-state index in [4.69, 9.17) is 12.2 Å². The second-order valence-electron chi connectivity index (χ2n) is 5.09. The van der Waals surface area contributed by atoms with E-state index >= 15 is 0 Å². The topological polar surface area (TPSA) is 70.2 Å². The molecule has 25 heavy (non-hydrogen) atoms. The molecule has 128 valence electrons. The highest BCUT2D eigenvalue weighted by Gasteiger charge is 2.02. The zero-order chi connectivity index (χ0) is 18.2. The lowest BCUT2D eigenvalue weighted by molar-refractivity contribution is -0.115. The van der Waals surface area contributed by atoms with Crippen molar-refractivity contribution >= 4 is 46.6 Å². The van der Waals surface area contributed by atoms with E-state index in [2.05, 4.69) is 16.0 Å². The van der Waals surface area contributed by atoms with Crippen molar-refractivity contribution in [3.63, 3.8) is 0 Å². The maximum atomic E-state index is 12.8. The monoisotopic (exact) mass is 357 g/mol. The highest BCUT2D eigenvalue weighted by atomic mass is 32.1. The van der Waals surface area contributed by atoms with Crippen molar-refractivity contribution in [1.82, 2.24) is 5.32 Å². The Labute approximate surface area is 149 Å². The Balaban J connectivity index is 1.85. The molecule has 0 saturated heterocycles. The normalized spacial score (nSPS) is 10.3. The van der Waals surface area contributed by atoms with Crippen molar-refractivity contribution < 1.29 is 14.0 Å². The molecule has 0 heterocycles. The molecule has 0 aliphatic rings. The van der Waals surface area contributed by atoms with Gasteiger partial charge in [0, 0.05) is 24.4 Å². The Morgan fingerprint density at radius 3 is 2.08 bits per heavy atom. The van der Waals surface area contributed by atoms with Crippen LogP contribution >= 0.6 is 12.2 Å².